The Labute approximate surface area is 227 Å². The van der Waals surface area contributed by atoms with Crippen molar-refractivity contribution >= 4 is 50.6 Å². The molecule has 3 heterocycles. The Balaban J connectivity index is 1.40. The lowest BCUT2D eigenvalue weighted by molar-refractivity contribution is -0.110. The molecule has 2 aliphatic rings. The molecule has 0 unspecified atom stereocenters. The monoisotopic (exact) mass is 552 g/mol. The standard InChI is InChI=1S/C28H29ClN4O4S/c1-18-13-24(27(34)30-9-12-33-10-2-3-11-33)26(31-18)16-23-22-15-21(7-8-25(22)32-28(23)35)38(36,37)17-19-5-4-6-20(29)14-19/h4-8,13-16,31H,2-3,9-12,17H2,1H3,(H,30,34)(H,32,35). The van der Waals surface area contributed by atoms with E-state index in [1.807, 2.05) is 6.92 Å². The van der Waals surface area contributed by atoms with Crippen LogP contribution in [-0.2, 0) is 20.4 Å². The summed E-state index contributed by atoms with van der Waals surface area (Å²) < 4.78 is 26.3. The van der Waals surface area contributed by atoms with Crippen LogP contribution in [0, 0.1) is 6.92 Å². The number of hydrogen-bond donors (Lipinski definition) is 3. The van der Waals surface area contributed by atoms with Crippen LogP contribution in [0.5, 0.6) is 0 Å². The SMILES string of the molecule is Cc1cc(C(=O)NCCN2CCCC2)c(C=C2C(=O)Nc3ccc(S(=O)(=O)Cc4cccc(Cl)c4)cc32)[nH]1. The Morgan fingerprint density at radius 2 is 1.92 bits per heavy atom. The van der Waals surface area contributed by atoms with E-state index < -0.39 is 9.84 Å². The summed E-state index contributed by atoms with van der Waals surface area (Å²) in [5.74, 6) is -0.807. The number of aromatic nitrogens is 1. The number of rotatable bonds is 8. The summed E-state index contributed by atoms with van der Waals surface area (Å²) in [7, 11) is -3.70. The number of nitrogens with zero attached hydrogens (tertiary/aromatic N) is 1. The third-order valence-corrected chi connectivity index (χ3v) is 8.73. The Morgan fingerprint density at radius 3 is 2.68 bits per heavy atom. The molecule has 2 amide bonds. The number of benzene rings is 2. The Kier molecular flexibility index (Phi) is 7.43. The summed E-state index contributed by atoms with van der Waals surface area (Å²) in [5.41, 5.74) is 3.54. The molecule has 0 radical (unpaired) electrons. The zero-order valence-electron chi connectivity index (χ0n) is 21.0. The number of sulfone groups is 1. The van der Waals surface area contributed by atoms with E-state index in [4.69, 9.17) is 11.6 Å². The van der Waals surface area contributed by atoms with Gasteiger partial charge in [0.25, 0.3) is 11.8 Å². The fourth-order valence-corrected chi connectivity index (χ4v) is 6.49. The van der Waals surface area contributed by atoms with Gasteiger partial charge >= 0.3 is 0 Å². The molecule has 1 saturated heterocycles. The zero-order chi connectivity index (χ0) is 26.9. The molecular weight excluding hydrogens is 524 g/mol. The van der Waals surface area contributed by atoms with Gasteiger partial charge in [0.05, 0.1) is 27.5 Å². The van der Waals surface area contributed by atoms with Crippen molar-refractivity contribution in [2.75, 3.05) is 31.5 Å². The number of fused-ring (bicyclic) bond motifs is 1. The molecule has 2 aromatic carbocycles. The second-order valence-electron chi connectivity index (χ2n) is 9.69. The molecule has 0 aliphatic carbocycles. The van der Waals surface area contributed by atoms with Crippen LogP contribution in [0.4, 0.5) is 5.69 Å². The van der Waals surface area contributed by atoms with E-state index in [1.54, 1.807) is 42.5 Å². The highest BCUT2D eigenvalue weighted by Crippen LogP contribution is 2.36. The van der Waals surface area contributed by atoms with Gasteiger partial charge < -0.3 is 20.5 Å². The number of amides is 2. The maximum absolute atomic E-state index is 13.2. The fourth-order valence-electron chi connectivity index (χ4n) is 4.92. The van der Waals surface area contributed by atoms with Crippen LogP contribution in [0.15, 0.2) is 53.4 Å². The minimum absolute atomic E-state index is 0.0983. The summed E-state index contributed by atoms with van der Waals surface area (Å²) >= 11 is 6.02. The molecule has 10 heteroatoms. The number of likely N-dealkylation sites (tertiary alicyclic amines) is 1. The van der Waals surface area contributed by atoms with E-state index in [9.17, 15) is 18.0 Å². The van der Waals surface area contributed by atoms with Gasteiger partial charge in [-0.3, -0.25) is 9.59 Å². The average Bonchev–Trinajstić information content (AvgIpc) is 3.58. The van der Waals surface area contributed by atoms with Crippen LogP contribution in [0.1, 0.15) is 45.7 Å². The lowest BCUT2D eigenvalue weighted by atomic mass is 10.0. The van der Waals surface area contributed by atoms with Gasteiger partial charge in [0, 0.05) is 35.1 Å². The van der Waals surface area contributed by atoms with Crippen molar-refractivity contribution in [3.05, 3.63) is 81.6 Å². The third-order valence-electron chi connectivity index (χ3n) is 6.81. The highest BCUT2D eigenvalue weighted by molar-refractivity contribution is 7.90. The van der Waals surface area contributed by atoms with Crippen molar-refractivity contribution in [3.63, 3.8) is 0 Å². The van der Waals surface area contributed by atoms with E-state index in [2.05, 4.69) is 20.5 Å². The number of halogens is 1. The van der Waals surface area contributed by atoms with Crippen molar-refractivity contribution in [2.24, 2.45) is 0 Å². The molecule has 3 aromatic rings. The Bertz CT molecular complexity index is 1540. The van der Waals surface area contributed by atoms with E-state index in [1.165, 1.54) is 25.0 Å². The molecule has 2 aliphatic heterocycles. The molecule has 198 valence electrons. The molecule has 1 aromatic heterocycles. The largest absolute Gasteiger partial charge is 0.358 e. The number of carbonyl (C=O) groups excluding carboxylic acids is 2. The first-order valence-corrected chi connectivity index (χ1v) is 14.6. The molecular formula is C28H29ClN4O4S. The minimum atomic E-state index is -3.70. The molecule has 0 atom stereocenters. The second kappa shape index (κ2) is 10.8. The lowest BCUT2D eigenvalue weighted by Gasteiger charge is -2.14. The molecule has 0 saturated carbocycles. The summed E-state index contributed by atoms with van der Waals surface area (Å²) in [6, 6.07) is 13.0. The first kappa shape index (κ1) is 26.2. The van der Waals surface area contributed by atoms with Crippen molar-refractivity contribution in [3.8, 4) is 0 Å². The van der Waals surface area contributed by atoms with Gasteiger partial charge in [0.15, 0.2) is 9.84 Å². The van der Waals surface area contributed by atoms with Crippen LogP contribution >= 0.6 is 11.6 Å². The van der Waals surface area contributed by atoms with Crippen molar-refractivity contribution in [2.45, 2.75) is 30.4 Å². The van der Waals surface area contributed by atoms with E-state index in [0.29, 0.717) is 39.6 Å². The normalized spacial score (nSPS) is 16.6. The van der Waals surface area contributed by atoms with Crippen LogP contribution in [0.25, 0.3) is 11.6 Å². The first-order chi connectivity index (χ1) is 18.2. The quantitative estimate of drug-likeness (QED) is 0.361. The molecule has 0 bridgehead atoms. The van der Waals surface area contributed by atoms with Gasteiger partial charge in [0.1, 0.15) is 0 Å². The van der Waals surface area contributed by atoms with Crippen LogP contribution in [0.2, 0.25) is 5.02 Å². The first-order valence-electron chi connectivity index (χ1n) is 12.5. The summed E-state index contributed by atoms with van der Waals surface area (Å²) in [5, 5.41) is 6.22. The minimum Gasteiger partial charge on any atom is -0.358 e. The lowest BCUT2D eigenvalue weighted by Crippen LogP contribution is -2.33. The van der Waals surface area contributed by atoms with Gasteiger partial charge in [-0.2, -0.15) is 0 Å². The number of aromatic amines is 1. The molecule has 0 spiro atoms. The van der Waals surface area contributed by atoms with E-state index in [0.717, 1.165) is 25.3 Å². The molecule has 8 nitrogen and oxygen atoms in total. The number of nitrogens with one attached hydrogen (secondary N) is 3. The highest BCUT2D eigenvalue weighted by Gasteiger charge is 2.28. The van der Waals surface area contributed by atoms with E-state index in [-0.39, 0.29) is 28.0 Å². The number of carbonyl (C=O) groups is 2. The maximum atomic E-state index is 13.2. The molecule has 5 rings (SSSR count). The zero-order valence-corrected chi connectivity index (χ0v) is 22.6. The van der Waals surface area contributed by atoms with Gasteiger partial charge in [-0.25, -0.2) is 8.42 Å². The number of anilines is 1. The predicted molar refractivity (Wildman–Crippen MR) is 149 cm³/mol. The van der Waals surface area contributed by atoms with Gasteiger partial charge in [-0.15, -0.1) is 0 Å². The van der Waals surface area contributed by atoms with Crippen LogP contribution in [-0.4, -0.2) is 56.3 Å². The second-order valence-corrected chi connectivity index (χ2v) is 12.1. The number of hydrogen-bond acceptors (Lipinski definition) is 5. The number of H-pyrrole nitrogens is 1. The topological polar surface area (TPSA) is 111 Å². The van der Waals surface area contributed by atoms with Crippen LogP contribution in [0.3, 0.4) is 0 Å². The number of aryl methyl sites for hydroxylation is 1. The third kappa shape index (κ3) is 5.70. The summed E-state index contributed by atoms with van der Waals surface area (Å²) in [6.07, 6.45) is 3.99. The van der Waals surface area contributed by atoms with Gasteiger partial charge in [0.2, 0.25) is 0 Å². The molecule has 1 fully saturated rings. The van der Waals surface area contributed by atoms with Crippen molar-refractivity contribution in [1.82, 2.24) is 15.2 Å². The maximum Gasteiger partial charge on any atom is 0.256 e. The Hall–Kier alpha value is -3.40. The Morgan fingerprint density at radius 1 is 1.13 bits per heavy atom. The fraction of sp³-hybridized carbons (Fsp3) is 0.286. The van der Waals surface area contributed by atoms with Crippen LogP contribution < -0.4 is 10.6 Å². The van der Waals surface area contributed by atoms with Crippen molar-refractivity contribution < 1.29 is 18.0 Å². The summed E-state index contributed by atoms with van der Waals surface area (Å²) in [4.78, 5) is 31.4. The van der Waals surface area contributed by atoms with E-state index >= 15 is 0 Å². The average molecular weight is 553 g/mol. The predicted octanol–water partition coefficient (Wildman–Crippen LogP) is 4.27. The highest BCUT2D eigenvalue weighted by atomic mass is 35.5. The summed E-state index contributed by atoms with van der Waals surface area (Å²) in [6.45, 7) is 5.29. The molecule has 38 heavy (non-hydrogen) atoms. The molecule has 3 N–H and O–H groups in total. The van der Waals surface area contributed by atoms with Gasteiger partial charge in [-0.1, -0.05) is 23.7 Å². The van der Waals surface area contributed by atoms with Gasteiger partial charge in [-0.05, 0) is 80.9 Å². The van der Waals surface area contributed by atoms with Crippen molar-refractivity contribution in [1.29, 1.82) is 0 Å². The smallest absolute Gasteiger partial charge is 0.256 e.